The largest absolute Gasteiger partial charge is 0.300 e. The van der Waals surface area contributed by atoms with E-state index in [2.05, 4.69) is 20.8 Å². The van der Waals surface area contributed by atoms with Gasteiger partial charge in [0.1, 0.15) is 4.21 Å². The van der Waals surface area contributed by atoms with Gasteiger partial charge in [0.2, 0.25) is 0 Å². The molecule has 0 radical (unpaired) electrons. The molecule has 0 bridgehead atoms. The molecule has 0 N–H and O–H groups in total. The van der Waals surface area contributed by atoms with Crippen LogP contribution in [0.5, 0.6) is 0 Å². The van der Waals surface area contributed by atoms with Gasteiger partial charge in [-0.05, 0) is 66.8 Å². The van der Waals surface area contributed by atoms with Crippen LogP contribution >= 0.6 is 27.3 Å². The average molecular weight is 379 g/mol. The minimum atomic E-state index is -3.28. The third kappa shape index (κ3) is 2.97. The molecule has 2 aliphatic rings. The van der Waals surface area contributed by atoms with Crippen molar-refractivity contribution in [3.05, 3.63) is 15.9 Å². The number of hydrogen-bond acceptors (Lipinski definition) is 4. The molecular weight excluding hydrogens is 360 g/mol. The van der Waals surface area contributed by atoms with E-state index in [4.69, 9.17) is 0 Å². The van der Waals surface area contributed by atoms with Crippen LogP contribution in [0.4, 0.5) is 0 Å². The summed E-state index contributed by atoms with van der Waals surface area (Å²) in [4.78, 5) is 2.53. The van der Waals surface area contributed by atoms with E-state index in [1.807, 2.05) is 0 Å². The van der Waals surface area contributed by atoms with Gasteiger partial charge in [0.05, 0.1) is 3.79 Å². The van der Waals surface area contributed by atoms with E-state index < -0.39 is 10.0 Å². The number of thiophene rings is 1. The predicted molar refractivity (Wildman–Crippen MR) is 84.6 cm³/mol. The second-order valence-electron chi connectivity index (χ2n) is 5.44. The first-order valence-electron chi connectivity index (χ1n) is 7.07. The molecule has 3 rings (SSSR count). The molecule has 20 heavy (non-hydrogen) atoms. The van der Waals surface area contributed by atoms with Gasteiger partial charge in [0.15, 0.2) is 0 Å². The quantitative estimate of drug-likeness (QED) is 0.811. The Bertz CT molecular complexity index is 559. The van der Waals surface area contributed by atoms with Gasteiger partial charge in [0.25, 0.3) is 10.0 Å². The van der Waals surface area contributed by atoms with Crippen molar-refractivity contribution in [3.8, 4) is 0 Å². The highest BCUT2D eigenvalue weighted by molar-refractivity contribution is 9.11. The Labute approximate surface area is 132 Å². The lowest BCUT2D eigenvalue weighted by atomic mass is 10.1. The number of piperidine rings is 1. The average Bonchev–Trinajstić information content (AvgIpc) is 3.10. The standard InChI is InChI=1S/C13H19BrN2O2S2/c14-12-3-4-13(19-12)20(17,18)16-9-5-11(6-10-16)15-7-1-2-8-15/h3-4,11H,1-2,5-10H2. The fourth-order valence-electron chi connectivity index (χ4n) is 3.12. The van der Waals surface area contributed by atoms with Gasteiger partial charge in [-0.15, -0.1) is 11.3 Å². The van der Waals surface area contributed by atoms with Crippen LogP contribution in [0.15, 0.2) is 20.1 Å². The highest BCUT2D eigenvalue weighted by atomic mass is 79.9. The first kappa shape index (κ1) is 15.0. The molecule has 0 atom stereocenters. The second kappa shape index (κ2) is 6.04. The Balaban J connectivity index is 1.65. The third-order valence-corrected chi connectivity index (χ3v) is 8.21. The normalized spacial score (nSPS) is 23.4. The minimum absolute atomic E-state index is 0.448. The molecule has 0 saturated carbocycles. The Morgan fingerprint density at radius 1 is 1.10 bits per heavy atom. The van der Waals surface area contributed by atoms with Crippen molar-refractivity contribution in [2.75, 3.05) is 26.2 Å². The highest BCUT2D eigenvalue weighted by Gasteiger charge is 2.33. The van der Waals surface area contributed by atoms with Crippen LogP contribution in [0.25, 0.3) is 0 Å². The smallest absolute Gasteiger partial charge is 0.252 e. The summed E-state index contributed by atoms with van der Waals surface area (Å²) >= 11 is 4.62. The molecule has 1 aromatic heterocycles. The van der Waals surface area contributed by atoms with E-state index in [0.717, 1.165) is 16.6 Å². The van der Waals surface area contributed by atoms with Gasteiger partial charge >= 0.3 is 0 Å². The van der Waals surface area contributed by atoms with Crippen molar-refractivity contribution in [3.63, 3.8) is 0 Å². The van der Waals surface area contributed by atoms with E-state index in [9.17, 15) is 8.42 Å². The van der Waals surface area contributed by atoms with Crippen LogP contribution in [-0.4, -0.2) is 49.8 Å². The molecule has 7 heteroatoms. The summed E-state index contributed by atoms with van der Waals surface area (Å²) < 4.78 is 28.0. The van der Waals surface area contributed by atoms with E-state index in [1.165, 1.54) is 37.3 Å². The summed E-state index contributed by atoms with van der Waals surface area (Å²) in [6.07, 6.45) is 4.51. The summed E-state index contributed by atoms with van der Waals surface area (Å²) in [5, 5.41) is 0. The van der Waals surface area contributed by atoms with Crippen molar-refractivity contribution in [1.82, 2.24) is 9.21 Å². The Kier molecular flexibility index (Phi) is 4.52. The molecule has 2 aliphatic heterocycles. The molecule has 0 spiro atoms. The van der Waals surface area contributed by atoms with E-state index in [0.29, 0.717) is 23.3 Å². The maximum absolute atomic E-state index is 12.5. The molecule has 112 valence electrons. The summed E-state index contributed by atoms with van der Waals surface area (Å²) in [5.41, 5.74) is 0. The first-order valence-corrected chi connectivity index (χ1v) is 10.1. The highest BCUT2D eigenvalue weighted by Crippen LogP contribution is 2.30. The van der Waals surface area contributed by atoms with Gasteiger partial charge in [-0.1, -0.05) is 0 Å². The number of hydrogen-bond donors (Lipinski definition) is 0. The monoisotopic (exact) mass is 378 g/mol. The number of nitrogens with zero attached hydrogens (tertiary/aromatic N) is 2. The van der Waals surface area contributed by atoms with Crippen LogP contribution in [0.3, 0.4) is 0 Å². The lowest BCUT2D eigenvalue weighted by molar-refractivity contribution is 0.168. The number of likely N-dealkylation sites (tertiary alicyclic amines) is 1. The van der Waals surface area contributed by atoms with Crippen LogP contribution in [-0.2, 0) is 10.0 Å². The number of halogens is 1. The van der Waals surface area contributed by atoms with Gasteiger partial charge in [-0.2, -0.15) is 4.31 Å². The number of rotatable bonds is 3. The summed E-state index contributed by atoms with van der Waals surface area (Å²) in [7, 11) is -3.28. The molecule has 1 aromatic rings. The zero-order chi connectivity index (χ0) is 14.2. The fourth-order valence-corrected chi connectivity index (χ4v) is 6.75. The van der Waals surface area contributed by atoms with Crippen LogP contribution < -0.4 is 0 Å². The zero-order valence-electron chi connectivity index (χ0n) is 11.3. The SMILES string of the molecule is O=S(=O)(c1ccc(Br)s1)N1CCC(N2CCCC2)CC1. The maximum Gasteiger partial charge on any atom is 0.252 e. The summed E-state index contributed by atoms with van der Waals surface area (Å²) in [6, 6.07) is 4.07. The van der Waals surface area contributed by atoms with Crippen molar-refractivity contribution in [1.29, 1.82) is 0 Å². The predicted octanol–water partition coefficient (Wildman–Crippen LogP) is 2.76. The maximum atomic E-state index is 12.5. The van der Waals surface area contributed by atoms with E-state index >= 15 is 0 Å². The van der Waals surface area contributed by atoms with E-state index in [1.54, 1.807) is 16.4 Å². The zero-order valence-corrected chi connectivity index (χ0v) is 14.5. The molecule has 0 amide bonds. The Morgan fingerprint density at radius 2 is 1.75 bits per heavy atom. The van der Waals surface area contributed by atoms with Crippen molar-refractivity contribution < 1.29 is 8.42 Å². The van der Waals surface area contributed by atoms with Crippen LogP contribution in [0, 0.1) is 0 Å². The van der Waals surface area contributed by atoms with E-state index in [-0.39, 0.29) is 0 Å². The van der Waals surface area contributed by atoms with Crippen LogP contribution in [0.1, 0.15) is 25.7 Å². The fraction of sp³-hybridized carbons (Fsp3) is 0.692. The minimum Gasteiger partial charge on any atom is -0.300 e. The molecule has 2 saturated heterocycles. The molecule has 0 aliphatic carbocycles. The van der Waals surface area contributed by atoms with Gasteiger partial charge < -0.3 is 4.90 Å². The molecule has 0 unspecified atom stereocenters. The van der Waals surface area contributed by atoms with Gasteiger partial charge in [-0.3, -0.25) is 0 Å². The van der Waals surface area contributed by atoms with Gasteiger partial charge in [-0.25, -0.2) is 8.42 Å². The third-order valence-electron chi connectivity index (χ3n) is 4.22. The molecule has 4 nitrogen and oxygen atoms in total. The molecule has 3 heterocycles. The summed E-state index contributed by atoms with van der Waals surface area (Å²) in [5.74, 6) is 0. The van der Waals surface area contributed by atoms with Crippen molar-refractivity contribution in [2.24, 2.45) is 0 Å². The lowest BCUT2D eigenvalue weighted by Gasteiger charge is -2.35. The van der Waals surface area contributed by atoms with Crippen molar-refractivity contribution in [2.45, 2.75) is 35.9 Å². The number of sulfonamides is 1. The molecule has 0 aromatic carbocycles. The van der Waals surface area contributed by atoms with Gasteiger partial charge in [0, 0.05) is 19.1 Å². The first-order chi connectivity index (χ1) is 9.57. The Hall–Kier alpha value is 0.0500. The second-order valence-corrected chi connectivity index (χ2v) is 10.1. The molecular formula is C13H19BrN2O2S2. The topological polar surface area (TPSA) is 40.6 Å². The Morgan fingerprint density at radius 3 is 2.30 bits per heavy atom. The van der Waals surface area contributed by atoms with Crippen molar-refractivity contribution >= 4 is 37.3 Å². The summed E-state index contributed by atoms with van der Waals surface area (Å²) in [6.45, 7) is 3.68. The lowest BCUT2D eigenvalue weighted by Crippen LogP contribution is -2.45. The van der Waals surface area contributed by atoms with Crippen LogP contribution in [0.2, 0.25) is 0 Å². The molecule has 2 fully saturated rings.